The molecular formula is C6H13NO3S. The molecule has 11 heavy (non-hydrogen) atoms. The molecule has 0 radical (unpaired) electrons. The molecular weight excluding hydrogens is 166 g/mol. The van der Waals surface area contributed by atoms with Gasteiger partial charge in [0.2, 0.25) is 11.3 Å². The molecule has 1 rings (SSSR count). The zero-order chi connectivity index (χ0) is 8.65. The predicted octanol–water partition coefficient (Wildman–Crippen LogP) is -0.0317. The maximum absolute atomic E-state index is 10.7. The van der Waals surface area contributed by atoms with Crippen LogP contribution in [0.25, 0.3) is 0 Å². The Labute approximate surface area is 68.6 Å². The van der Waals surface area contributed by atoms with Gasteiger partial charge in [-0.3, -0.25) is 4.55 Å². The largest absolute Gasteiger partial charge is 0.392 e. The summed E-state index contributed by atoms with van der Waals surface area (Å²) in [6, 6.07) is 0. The fourth-order valence-electron chi connectivity index (χ4n) is 1.46. The minimum atomic E-state index is -1.96. The average molecular weight is 179 g/mol. The zero-order valence-corrected chi connectivity index (χ0v) is 7.47. The molecule has 66 valence electrons. The molecule has 0 saturated carbocycles. The predicted molar refractivity (Wildman–Crippen MR) is 42.2 cm³/mol. The monoisotopic (exact) mass is 179 g/mol. The van der Waals surface area contributed by atoms with Crippen LogP contribution < -0.4 is 0 Å². The van der Waals surface area contributed by atoms with Gasteiger partial charge in [0.05, 0.1) is 6.10 Å². The second-order valence-electron chi connectivity index (χ2n) is 3.46. The number of aliphatic hydroxyl groups is 1. The number of hydrogen-bond donors (Lipinski definition) is 2. The van der Waals surface area contributed by atoms with Crippen molar-refractivity contribution < 1.29 is 13.9 Å². The number of nitrogens with zero attached hydrogens (tertiary/aromatic N) is 1. The number of rotatable bonds is 1. The smallest absolute Gasteiger partial charge is 0.235 e. The van der Waals surface area contributed by atoms with E-state index in [0.29, 0.717) is 6.42 Å². The van der Waals surface area contributed by atoms with Gasteiger partial charge < -0.3 is 5.11 Å². The van der Waals surface area contributed by atoms with Crippen LogP contribution in [0.3, 0.4) is 0 Å². The van der Waals surface area contributed by atoms with Gasteiger partial charge in [-0.15, -0.1) is 0 Å². The first kappa shape index (κ1) is 9.12. The molecule has 0 amide bonds. The molecule has 2 unspecified atom stereocenters. The van der Waals surface area contributed by atoms with Crippen molar-refractivity contribution in [1.82, 2.24) is 4.31 Å². The van der Waals surface area contributed by atoms with Gasteiger partial charge in [-0.25, -0.2) is 4.21 Å². The van der Waals surface area contributed by atoms with Gasteiger partial charge in [0.25, 0.3) is 0 Å². The zero-order valence-electron chi connectivity index (χ0n) is 6.65. The fourth-order valence-corrected chi connectivity index (χ4v) is 2.25. The van der Waals surface area contributed by atoms with Crippen molar-refractivity contribution in [2.45, 2.75) is 31.9 Å². The first-order valence-corrected chi connectivity index (χ1v) is 4.56. The Bertz CT molecular complexity index is 183. The minimum Gasteiger partial charge on any atom is -0.392 e. The number of β-amino-alcohol motifs (C(OH)–C–C–N with tert-alkyl or cyclic N) is 1. The SMILES string of the molecule is CC1(C)CC(O)CN1S(=O)O. The quantitative estimate of drug-likeness (QED) is 0.556. The second kappa shape index (κ2) is 2.82. The molecule has 1 aliphatic heterocycles. The molecule has 2 atom stereocenters. The average Bonchev–Trinajstić information content (AvgIpc) is 2.04. The van der Waals surface area contributed by atoms with E-state index < -0.39 is 17.4 Å². The van der Waals surface area contributed by atoms with E-state index in [1.807, 2.05) is 13.8 Å². The van der Waals surface area contributed by atoms with E-state index in [2.05, 4.69) is 0 Å². The summed E-state index contributed by atoms with van der Waals surface area (Å²) in [5.41, 5.74) is -0.362. The topological polar surface area (TPSA) is 60.8 Å². The van der Waals surface area contributed by atoms with Crippen LogP contribution in [0, 0.1) is 0 Å². The molecule has 4 nitrogen and oxygen atoms in total. The van der Waals surface area contributed by atoms with Gasteiger partial charge in [-0.1, -0.05) is 0 Å². The van der Waals surface area contributed by atoms with Crippen LogP contribution in [-0.4, -0.2) is 36.4 Å². The van der Waals surface area contributed by atoms with Gasteiger partial charge >= 0.3 is 0 Å². The van der Waals surface area contributed by atoms with Crippen molar-refractivity contribution in [1.29, 1.82) is 0 Å². The van der Waals surface area contributed by atoms with Gasteiger partial charge in [0.1, 0.15) is 0 Å². The Kier molecular flexibility index (Phi) is 2.34. The van der Waals surface area contributed by atoms with Gasteiger partial charge in [-0.05, 0) is 20.3 Å². The molecule has 1 heterocycles. The van der Waals surface area contributed by atoms with Crippen LogP contribution in [0.15, 0.2) is 0 Å². The molecule has 1 fully saturated rings. The molecule has 0 spiro atoms. The van der Waals surface area contributed by atoms with Crippen LogP contribution in [0.4, 0.5) is 0 Å². The lowest BCUT2D eigenvalue weighted by atomic mass is 10.0. The lowest BCUT2D eigenvalue weighted by Gasteiger charge is -2.26. The summed E-state index contributed by atoms with van der Waals surface area (Å²) in [5.74, 6) is 0. The van der Waals surface area contributed by atoms with E-state index in [9.17, 15) is 9.32 Å². The van der Waals surface area contributed by atoms with Crippen LogP contribution in [0.1, 0.15) is 20.3 Å². The lowest BCUT2D eigenvalue weighted by molar-refractivity contribution is 0.187. The number of hydrogen-bond acceptors (Lipinski definition) is 2. The van der Waals surface area contributed by atoms with E-state index in [1.54, 1.807) is 0 Å². The summed E-state index contributed by atoms with van der Waals surface area (Å²) >= 11 is -1.96. The van der Waals surface area contributed by atoms with Crippen molar-refractivity contribution in [3.05, 3.63) is 0 Å². The second-order valence-corrected chi connectivity index (χ2v) is 4.36. The Morgan fingerprint density at radius 2 is 2.18 bits per heavy atom. The van der Waals surface area contributed by atoms with E-state index in [-0.39, 0.29) is 12.1 Å². The van der Waals surface area contributed by atoms with Crippen molar-refractivity contribution in [2.24, 2.45) is 0 Å². The van der Waals surface area contributed by atoms with Gasteiger partial charge in [0, 0.05) is 12.1 Å². The highest BCUT2D eigenvalue weighted by Crippen LogP contribution is 2.29. The first-order valence-electron chi connectivity index (χ1n) is 3.50. The summed E-state index contributed by atoms with van der Waals surface area (Å²) in [6.07, 6.45) is 0.0837. The molecule has 0 aromatic rings. The molecule has 0 aromatic carbocycles. The Balaban J connectivity index is 2.74. The van der Waals surface area contributed by atoms with Crippen molar-refractivity contribution >= 4 is 11.3 Å². The Morgan fingerprint density at radius 3 is 2.36 bits per heavy atom. The van der Waals surface area contributed by atoms with Crippen LogP contribution in [-0.2, 0) is 11.3 Å². The first-order chi connectivity index (χ1) is 4.93. The van der Waals surface area contributed by atoms with E-state index in [0.717, 1.165) is 0 Å². The maximum Gasteiger partial charge on any atom is 0.235 e. The summed E-state index contributed by atoms with van der Waals surface area (Å²) < 4.78 is 20.9. The highest BCUT2D eigenvalue weighted by Gasteiger charge is 2.40. The summed E-state index contributed by atoms with van der Waals surface area (Å²) in [4.78, 5) is 0. The standard InChI is InChI=1S/C6H13NO3S/c1-6(2)3-5(8)4-7(6)11(9)10/h5,8H,3-4H2,1-2H3,(H,9,10). The molecule has 1 saturated heterocycles. The molecule has 0 aromatic heterocycles. The maximum atomic E-state index is 10.7. The van der Waals surface area contributed by atoms with Crippen molar-refractivity contribution in [3.63, 3.8) is 0 Å². The molecule has 2 N–H and O–H groups in total. The van der Waals surface area contributed by atoms with Gasteiger partial charge in [0.15, 0.2) is 0 Å². The van der Waals surface area contributed by atoms with Crippen molar-refractivity contribution in [2.75, 3.05) is 6.54 Å². The summed E-state index contributed by atoms with van der Waals surface area (Å²) in [6.45, 7) is 3.98. The normalized spacial score (nSPS) is 34.0. The van der Waals surface area contributed by atoms with Crippen LogP contribution in [0.5, 0.6) is 0 Å². The van der Waals surface area contributed by atoms with Crippen LogP contribution >= 0.6 is 0 Å². The van der Waals surface area contributed by atoms with E-state index >= 15 is 0 Å². The minimum absolute atomic E-state index is 0.288. The molecule has 0 bridgehead atoms. The van der Waals surface area contributed by atoms with Crippen LogP contribution in [0.2, 0.25) is 0 Å². The highest BCUT2D eigenvalue weighted by molar-refractivity contribution is 7.76. The lowest BCUT2D eigenvalue weighted by Crippen LogP contribution is -2.39. The highest BCUT2D eigenvalue weighted by atomic mass is 32.2. The van der Waals surface area contributed by atoms with Crippen molar-refractivity contribution in [3.8, 4) is 0 Å². The summed E-state index contributed by atoms with van der Waals surface area (Å²) in [5, 5.41) is 9.20. The Morgan fingerprint density at radius 1 is 1.64 bits per heavy atom. The third-order valence-electron chi connectivity index (χ3n) is 1.98. The third kappa shape index (κ3) is 1.79. The van der Waals surface area contributed by atoms with Gasteiger partial charge in [-0.2, -0.15) is 4.31 Å². The fraction of sp³-hybridized carbons (Fsp3) is 1.00. The number of aliphatic hydroxyl groups excluding tert-OH is 1. The molecule has 5 heteroatoms. The van der Waals surface area contributed by atoms with E-state index in [1.165, 1.54) is 4.31 Å². The third-order valence-corrected chi connectivity index (χ3v) is 3.00. The molecule has 1 aliphatic rings. The Hall–Kier alpha value is 0.0300. The van der Waals surface area contributed by atoms with E-state index in [4.69, 9.17) is 4.55 Å². The molecule has 0 aliphatic carbocycles. The summed E-state index contributed by atoms with van der Waals surface area (Å²) in [7, 11) is 0.